The minimum Gasteiger partial charge on any atom is -0.348 e. The molecule has 2 N–H and O–H groups in total. The molecule has 1 aromatic heterocycles. The second-order valence-electron chi connectivity index (χ2n) is 5.77. The first-order chi connectivity index (χ1) is 8.43. The summed E-state index contributed by atoms with van der Waals surface area (Å²) in [4.78, 5) is 7.33. The smallest absolute Gasteiger partial charge is 0.0921 e. The highest BCUT2D eigenvalue weighted by molar-refractivity contribution is 5.14. The molecule has 94 valence electrons. The van der Waals surface area contributed by atoms with Crippen molar-refractivity contribution in [3.05, 3.63) is 18.2 Å². The Bertz CT molecular complexity index is 327. The zero-order valence-corrected chi connectivity index (χ0v) is 10.5. The molecule has 1 heterocycles. The third-order valence-electron chi connectivity index (χ3n) is 4.41. The molecule has 2 atom stereocenters. The topological polar surface area (TPSA) is 40.7 Å². The summed E-state index contributed by atoms with van der Waals surface area (Å²) in [5.74, 6) is 2.54. The van der Waals surface area contributed by atoms with Gasteiger partial charge in [-0.05, 0) is 44.2 Å². The van der Waals surface area contributed by atoms with E-state index in [9.17, 15) is 0 Å². The Labute approximate surface area is 103 Å². The van der Waals surface area contributed by atoms with E-state index in [-0.39, 0.29) is 0 Å². The summed E-state index contributed by atoms with van der Waals surface area (Å²) in [7, 11) is 0. The average Bonchev–Trinajstić information content (AvgIpc) is 2.93. The quantitative estimate of drug-likeness (QED) is 0.821. The lowest BCUT2D eigenvalue weighted by molar-refractivity contribution is 0.340. The van der Waals surface area contributed by atoms with Gasteiger partial charge in [-0.25, -0.2) is 4.98 Å². The van der Waals surface area contributed by atoms with E-state index >= 15 is 0 Å². The summed E-state index contributed by atoms with van der Waals surface area (Å²) in [6.45, 7) is 2.44. The zero-order valence-electron chi connectivity index (χ0n) is 10.5. The lowest BCUT2D eigenvalue weighted by Crippen LogP contribution is -2.26. The van der Waals surface area contributed by atoms with Crippen LogP contribution < -0.4 is 5.32 Å². The van der Waals surface area contributed by atoms with Crippen molar-refractivity contribution in [1.29, 1.82) is 0 Å². The van der Waals surface area contributed by atoms with Gasteiger partial charge in [0.2, 0.25) is 0 Å². The Balaban J connectivity index is 1.33. The fourth-order valence-corrected chi connectivity index (χ4v) is 3.19. The predicted octanol–water partition coefficient (Wildman–Crippen LogP) is 2.68. The molecule has 2 aliphatic rings. The van der Waals surface area contributed by atoms with Gasteiger partial charge in [-0.15, -0.1) is 0 Å². The van der Waals surface area contributed by atoms with E-state index in [0.717, 1.165) is 17.8 Å². The second-order valence-corrected chi connectivity index (χ2v) is 5.77. The van der Waals surface area contributed by atoms with E-state index in [1.54, 1.807) is 6.33 Å². The van der Waals surface area contributed by atoms with Crippen LogP contribution in [0.1, 0.15) is 50.1 Å². The summed E-state index contributed by atoms with van der Waals surface area (Å²) in [6, 6.07) is 0. The van der Waals surface area contributed by atoms with Crippen molar-refractivity contribution >= 4 is 0 Å². The summed E-state index contributed by atoms with van der Waals surface area (Å²) in [6.07, 6.45) is 12.4. The molecular weight excluding hydrogens is 210 g/mol. The molecule has 0 unspecified atom stereocenters. The van der Waals surface area contributed by atoms with Crippen molar-refractivity contribution in [2.75, 3.05) is 13.1 Å². The Morgan fingerprint density at radius 1 is 1.24 bits per heavy atom. The van der Waals surface area contributed by atoms with Crippen molar-refractivity contribution in [3.8, 4) is 0 Å². The second kappa shape index (κ2) is 5.21. The van der Waals surface area contributed by atoms with Crippen LogP contribution in [0, 0.1) is 11.8 Å². The van der Waals surface area contributed by atoms with Crippen molar-refractivity contribution in [1.82, 2.24) is 15.3 Å². The molecule has 3 rings (SSSR count). The third-order valence-corrected chi connectivity index (χ3v) is 4.41. The summed E-state index contributed by atoms with van der Waals surface area (Å²) in [5.41, 5.74) is 1.33. The summed E-state index contributed by atoms with van der Waals surface area (Å²) >= 11 is 0. The molecule has 2 fully saturated rings. The van der Waals surface area contributed by atoms with Crippen molar-refractivity contribution in [2.45, 2.75) is 44.4 Å². The number of nitrogens with one attached hydrogen (secondary N) is 2. The van der Waals surface area contributed by atoms with E-state index in [1.807, 2.05) is 6.20 Å². The Hall–Kier alpha value is -0.830. The monoisotopic (exact) mass is 233 g/mol. The summed E-state index contributed by atoms with van der Waals surface area (Å²) < 4.78 is 0. The van der Waals surface area contributed by atoms with Gasteiger partial charge in [-0.1, -0.05) is 19.3 Å². The minimum atomic E-state index is 0.747. The van der Waals surface area contributed by atoms with E-state index in [1.165, 1.54) is 57.3 Å². The molecule has 0 aromatic carbocycles. The average molecular weight is 233 g/mol. The molecule has 0 amide bonds. The molecule has 3 heteroatoms. The minimum absolute atomic E-state index is 0.747. The van der Waals surface area contributed by atoms with Crippen LogP contribution in [0.15, 0.2) is 12.5 Å². The summed E-state index contributed by atoms with van der Waals surface area (Å²) in [5, 5.41) is 3.67. The van der Waals surface area contributed by atoms with Gasteiger partial charge in [0.15, 0.2) is 0 Å². The molecule has 2 saturated carbocycles. The fourth-order valence-electron chi connectivity index (χ4n) is 3.19. The van der Waals surface area contributed by atoms with Gasteiger partial charge in [-0.2, -0.15) is 0 Å². The standard InChI is InChI=1S/C14H23N3/c1-2-4-11(5-3-1)7-15-8-12-6-13(12)14-9-16-10-17-14/h9-13,15H,1-8H2,(H,16,17)/t12-,13+/m0/s1. The lowest BCUT2D eigenvalue weighted by atomic mass is 9.89. The van der Waals surface area contributed by atoms with E-state index in [2.05, 4.69) is 15.3 Å². The normalized spacial score (nSPS) is 29.4. The predicted molar refractivity (Wildman–Crippen MR) is 68.9 cm³/mol. The Morgan fingerprint density at radius 3 is 2.88 bits per heavy atom. The molecule has 17 heavy (non-hydrogen) atoms. The first kappa shape index (κ1) is 11.3. The van der Waals surface area contributed by atoms with Gasteiger partial charge in [0.05, 0.1) is 6.33 Å². The number of nitrogens with zero attached hydrogens (tertiary/aromatic N) is 1. The molecule has 0 spiro atoms. The van der Waals surface area contributed by atoms with Gasteiger partial charge in [0, 0.05) is 17.8 Å². The van der Waals surface area contributed by atoms with E-state index in [0.29, 0.717) is 0 Å². The zero-order chi connectivity index (χ0) is 11.5. The maximum atomic E-state index is 4.10. The molecule has 0 saturated heterocycles. The highest BCUT2D eigenvalue weighted by Crippen LogP contribution is 2.45. The molecule has 3 nitrogen and oxygen atoms in total. The largest absolute Gasteiger partial charge is 0.348 e. The maximum Gasteiger partial charge on any atom is 0.0921 e. The highest BCUT2D eigenvalue weighted by atomic mass is 14.9. The first-order valence-electron chi connectivity index (χ1n) is 7.12. The van der Waals surface area contributed by atoms with Crippen LogP contribution in [0.5, 0.6) is 0 Å². The van der Waals surface area contributed by atoms with Crippen LogP contribution in [-0.2, 0) is 0 Å². The van der Waals surface area contributed by atoms with Gasteiger partial charge < -0.3 is 10.3 Å². The number of rotatable bonds is 5. The van der Waals surface area contributed by atoms with Crippen molar-refractivity contribution in [3.63, 3.8) is 0 Å². The Kier molecular flexibility index (Phi) is 3.46. The van der Waals surface area contributed by atoms with Crippen LogP contribution in [0.4, 0.5) is 0 Å². The van der Waals surface area contributed by atoms with Crippen LogP contribution in [0.25, 0.3) is 0 Å². The SMILES string of the molecule is c1ncc([C@@H]2C[C@H]2CNCC2CCCCC2)[nH]1. The number of imidazole rings is 1. The maximum absolute atomic E-state index is 4.10. The molecule has 0 bridgehead atoms. The first-order valence-corrected chi connectivity index (χ1v) is 7.12. The molecule has 0 radical (unpaired) electrons. The number of hydrogen-bond acceptors (Lipinski definition) is 2. The van der Waals surface area contributed by atoms with Crippen LogP contribution in [0.3, 0.4) is 0 Å². The van der Waals surface area contributed by atoms with E-state index < -0.39 is 0 Å². The van der Waals surface area contributed by atoms with E-state index in [4.69, 9.17) is 0 Å². The van der Waals surface area contributed by atoms with Crippen LogP contribution >= 0.6 is 0 Å². The van der Waals surface area contributed by atoms with Crippen molar-refractivity contribution < 1.29 is 0 Å². The number of hydrogen-bond donors (Lipinski definition) is 2. The number of H-pyrrole nitrogens is 1. The number of aromatic amines is 1. The highest BCUT2D eigenvalue weighted by Gasteiger charge is 2.38. The lowest BCUT2D eigenvalue weighted by Gasteiger charge is -2.21. The molecule has 1 aromatic rings. The van der Waals surface area contributed by atoms with Gasteiger partial charge >= 0.3 is 0 Å². The van der Waals surface area contributed by atoms with Crippen LogP contribution in [0.2, 0.25) is 0 Å². The fraction of sp³-hybridized carbons (Fsp3) is 0.786. The van der Waals surface area contributed by atoms with Gasteiger partial charge in [0.1, 0.15) is 0 Å². The van der Waals surface area contributed by atoms with Gasteiger partial charge in [-0.3, -0.25) is 0 Å². The number of aromatic nitrogens is 2. The van der Waals surface area contributed by atoms with Crippen LogP contribution in [-0.4, -0.2) is 23.1 Å². The molecular formula is C14H23N3. The van der Waals surface area contributed by atoms with Gasteiger partial charge in [0.25, 0.3) is 0 Å². The molecule has 0 aliphatic heterocycles. The molecule has 2 aliphatic carbocycles. The van der Waals surface area contributed by atoms with Crippen molar-refractivity contribution in [2.24, 2.45) is 11.8 Å². The Morgan fingerprint density at radius 2 is 2.12 bits per heavy atom. The third kappa shape index (κ3) is 2.89.